The van der Waals surface area contributed by atoms with Crippen LogP contribution in [0.5, 0.6) is 0 Å². The highest BCUT2D eigenvalue weighted by Crippen LogP contribution is 2.20. The molecule has 0 unspecified atom stereocenters. The van der Waals surface area contributed by atoms with Crippen LogP contribution in [0.2, 0.25) is 0 Å². The lowest BCUT2D eigenvalue weighted by atomic mass is 10.3. The average Bonchev–Trinajstić information content (AvgIpc) is 1.59. The van der Waals surface area contributed by atoms with E-state index in [1.54, 1.807) is 0 Å². The Morgan fingerprint density at radius 1 is 1.22 bits per heavy atom. The van der Waals surface area contributed by atoms with E-state index < -0.39 is 0 Å². The summed E-state index contributed by atoms with van der Waals surface area (Å²) in [5.41, 5.74) is 0. The molecule has 0 bridgehead atoms. The van der Waals surface area contributed by atoms with Crippen LogP contribution >= 0.6 is 11.8 Å². The second-order valence-corrected chi connectivity index (χ2v) is 5.41. The van der Waals surface area contributed by atoms with Crippen molar-refractivity contribution in [2.75, 3.05) is 20.0 Å². The van der Waals surface area contributed by atoms with Crippen molar-refractivity contribution in [2.24, 2.45) is 0 Å². The summed E-state index contributed by atoms with van der Waals surface area (Å²) in [6, 6.07) is 0. The Hall–Kier alpha value is 0.310. The molecule has 0 saturated carbocycles. The summed E-state index contributed by atoms with van der Waals surface area (Å²) < 4.78 is 0.428. The van der Waals surface area contributed by atoms with Crippen LogP contribution in [-0.2, 0) is 0 Å². The minimum Gasteiger partial charge on any atom is -0.331 e. The molecule has 1 nitrogen and oxygen atoms in total. The van der Waals surface area contributed by atoms with E-state index in [1.807, 2.05) is 11.8 Å². The van der Waals surface area contributed by atoms with Crippen LogP contribution in [0.1, 0.15) is 20.8 Å². The first-order valence-electron chi connectivity index (χ1n) is 3.35. The summed E-state index contributed by atoms with van der Waals surface area (Å²) in [6.07, 6.45) is 0. The number of hydrogen-bond donors (Lipinski definition) is 1. The van der Waals surface area contributed by atoms with Crippen molar-refractivity contribution in [3.05, 3.63) is 0 Å². The Labute approximate surface area is 62.8 Å². The van der Waals surface area contributed by atoms with E-state index >= 15 is 0 Å². The predicted molar refractivity (Wildman–Crippen MR) is 45.0 cm³/mol. The Morgan fingerprint density at radius 2 is 1.67 bits per heavy atom. The molecule has 0 aliphatic rings. The summed E-state index contributed by atoms with van der Waals surface area (Å²) in [7, 11) is 4.36. The van der Waals surface area contributed by atoms with Crippen molar-refractivity contribution in [3.63, 3.8) is 0 Å². The van der Waals surface area contributed by atoms with Gasteiger partial charge in [-0.2, -0.15) is 0 Å². The van der Waals surface area contributed by atoms with Gasteiger partial charge in [0.05, 0.1) is 14.1 Å². The predicted octanol–water partition coefficient (Wildman–Crippen LogP) is 0.620. The fourth-order valence-corrected chi connectivity index (χ4v) is 1.08. The third-order valence-electron chi connectivity index (χ3n) is 0.794. The second-order valence-electron chi connectivity index (χ2n) is 3.61. The molecule has 0 fully saturated rings. The molecule has 0 atom stereocenters. The molecule has 0 aromatic rings. The molecule has 1 N–H and O–H groups in total. The van der Waals surface area contributed by atoms with E-state index in [0.717, 1.165) is 0 Å². The Kier molecular flexibility index (Phi) is 3.59. The molecular formula is C7H18NS+. The van der Waals surface area contributed by atoms with Gasteiger partial charge in [0.2, 0.25) is 0 Å². The van der Waals surface area contributed by atoms with Crippen LogP contribution in [0.4, 0.5) is 0 Å². The smallest absolute Gasteiger partial charge is 0.124 e. The standard InChI is InChI=1S/C7H17NS/c1-7(2,3)9-6-8(4)5/h6H2,1-5H3/p+1. The van der Waals surface area contributed by atoms with Crippen LogP contribution in [0.3, 0.4) is 0 Å². The Morgan fingerprint density at radius 3 is 1.78 bits per heavy atom. The normalized spacial score (nSPS) is 12.7. The van der Waals surface area contributed by atoms with Crippen LogP contribution in [0.25, 0.3) is 0 Å². The fraction of sp³-hybridized carbons (Fsp3) is 1.00. The Bertz CT molecular complexity index is 73.5. The van der Waals surface area contributed by atoms with Crippen LogP contribution < -0.4 is 4.90 Å². The maximum absolute atomic E-state index is 2.25. The second kappa shape index (κ2) is 3.47. The van der Waals surface area contributed by atoms with Crippen LogP contribution in [0, 0.1) is 0 Å². The van der Waals surface area contributed by atoms with E-state index in [9.17, 15) is 0 Å². The van der Waals surface area contributed by atoms with Gasteiger partial charge in [-0.05, 0) is 0 Å². The lowest BCUT2D eigenvalue weighted by molar-refractivity contribution is -0.844. The van der Waals surface area contributed by atoms with Gasteiger partial charge in [0, 0.05) is 4.75 Å². The highest BCUT2D eigenvalue weighted by Gasteiger charge is 2.11. The van der Waals surface area contributed by atoms with Gasteiger partial charge >= 0.3 is 0 Å². The molecule has 0 aliphatic carbocycles. The van der Waals surface area contributed by atoms with Crippen molar-refractivity contribution in [2.45, 2.75) is 25.5 Å². The summed E-state index contributed by atoms with van der Waals surface area (Å²) >= 11 is 2.00. The van der Waals surface area contributed by atoms with Crippen molar-refractivity contribution < 1.29 is 4.90 Å². The first kappa shape index (κ1) is 9.31. The van der Waals surface area contributed by atoms with E-state index in [0.29, 0.717) is 4.75 Å². The monoisotopic (exact) mass is 148 g/mol. The van der Waals surface area contributed by atoms with E-state index in [4.69, 9.17) is 0 Å². The summed E-state index contributed by atoms with van der Waals surface area (Å²) in [4.78, 5) is 1.51. The first-order valence-corrected chi connectivity index (χ1v) is 4.33. The summed E-state index contributed by atoms with van der Waals surface area (Å²) in [5, 5.41) is 0. The fourth-order valence-electron chi connectivity index (χ4n) is 0.361. The summed E-state index contributed by atoms with van der Waals surface area (Å²) in [6.45, 7) is 6.75. The molecule has 0 aromatic heterocycles. The molecule has 9 heavy (non-hydrogen) atoms. The van der Waals surface area contributed by atoms with Gasteiger partial charge in [-0.3, -0.25) is 0 Å². The maximum atomic E-state index is 2.25. The number of rotatable bonds is 2. The van der Waals surface area contributed by atoms with E-state index in [-0.39, 0.29) is 0 Å². The molecule has 0 spiro atoms. The van der Waals surface area contributed by atoms with Gasteiger partial charge in [-0.15, -0.1) is 0 Å². The molecule has 56 valence electrons. The third kappa shape index (κ3) is 8.31. The highest BCUT2D eigenvalue weighted by molar-refractivity contribution is 8.00. The van der Waals surface area contributed by atoms with Gasteiger partial charge in [0.1, 0.15) is 5.88 Å². The zero-order valence-electron chi connectivity index (χ0n) is 7.12. The molecule has 0 aromatic carbocycles. The van der Waals surface area contributed by atoms with Crippen LogP contribution in [0.15, 0.2) is 0 Å². The minimum absolute atomic E-state index is 0.428. The van der Waals surface area contributed by atoms with Gasteiger partial charge < -0.3 is 4.90 Å². The van der Waals surface area contributed by atoms with Gasteiger partial charge in [-0.1, -0.05) is 32.5 Å². The largest absolute Gasteiger partial charge is 0.331 e. The van der Waals surface area contributed by atoms with Crippen molar-refractivity contribution in [3.8, 4) is 0 Å². The van der Waals surface area contributed by atoms with Gasteiger partial charge in [0.15, 0.2) is 0 Å². The summed E-state index contributed by atoms with van der Waals surface area (Å²) in [5.74, 6) is 1.20. The first-order chi connectivity index (χ1) is 3.92. The molecule has 0 radical (unpaired) electrons. The zero-order chi connectivity index (χ0) is 7.49. The van der Waals surface area contributed by atoms with Crippen molar-refractivity contribution >= 4 is 11.8 Å². The van der Waals surface area contributed by atoms with Crippen LogP contribution in [-0.4, -0.2) is 24.7 Å². The number of hydrogen-bond acceptors (Lipinski definition) is 1. The minimum atomic E-state index is 0.428. The number of quaternary nitrogens is 1. The van der Waals surface area contributed by atoms with Gasteiger partial charge in [0.25, 0.3) is 0 Å². The van der Waals surface area contributed by atoms with Gasteiger partial charge in [-0.25, -0.2) is 0 Å². The molecule has 0 heterocycles. The molecule has 2 heteroatoms. The lowest BCUT2D eigenvalue weighted by Gasteiger charge is -2.18. The zero-order valence-corrected chi connectivity index (χ0v) is 7.93. The lowest BCUT2D eigenvalue weighted by Crippen LogP contribution is -3.05. The van der Waals surface area contributed by atoms with Crippen molar-refractivity contribution in [1.82, 2.24) is 0 Å². The average molecular weight is 148 g/mol. The number of thioether (sulfide) groups is 1. The Balaban J connectivity index is 3.28. The highest BCUT2D eigenvalue weighted by atomic mass is 32.2. The maximum Gasteiger partial charge on any atom is 0.124 e. The SMILES string of the molecule is C[NH+](C)CSC(C)(C)C. The molecule has 0 saturated heterocycles. The quantitative estimate of drug-likeness (QED) is 0.563. The molecule has 0 amide bonds. The van der Waals surface area contributed by atoms with Crippen molar-refractivity contribution in [1.29, 1.82) is 0 Å². The molecule has 0 rings (SSSR count). The topological polar surface area (TPSA) is 4.44 Å². The van der Waals surface area contributed by atoms with E-state index in [2.05, 4.69) is 34.9 Å². The van der Waals surface area contributed by atoms with E-state index in [1.165, 1.54) is 10.8 Å². The third-order valence-corrected chi connectivity index (χ3v) is 2.38. The molecular weight excluding hydrogens is 130 g/mol. The number of nitrogens with one attached hydrogen (secondary N) is 1. The molecule has 0 aliphatic heterocycles.